The van der Waals surface area contributed by atoms with Gasteiger partial charge in [-0.3, -0.25) is 37.3 Å². The zero-order chi connectivity index (χ0) is 79.2. The van der Waals surface area contributed by atoms with E-state index in [1.54, 1.807) is 0 Å². The molecule has 17 nitrogen and oxygen atoms in total. The van der Waals surface area contributed by atoms with E-state index in [1.807, 2.05) is 0 Å². The molecule has 0 aliphatic heterocycles. The molecule has 0 aliphatic carbocycles. The fraction of sp³-hybridized carbons (Fsp3) is 0.955. The minimum atomic E-state index is -4.97. The van der Waals surface area contributed by atoms with E-state index in [-0.39, 0.29) is 25.7 Å². The zero-order valence-corrected chi connectivity index (χ0v) is 73.0. The fourth-order valence-corrected chi connectivity index (χ4v) is 15.5. The van der Waals surface area contributed by atoms with Crippen LogP contribution < -0.4 is 0 Å². The van der Waals surface area contributed by atoms with Gasteiger partial charge < -0.3 is 33.8 Å². The quantitative estimate of drug-likeness (QED) is 0.0222. The van der Waals surface area contributed by atoms with Crippen molar-refractivity contribution in [1.29, 1.82) is 0 Å². The van der Waals surface area contributed by atoms with Crippen LogP contribution in [0.15, 0.2) is 0 Å². The Kier molecular flexibility index (Phi) is 78.8. The molecule has 0 rings (SSSR count). The number of hydrogen-bond donors (Lipinski definition) is 3. The third-order valence-corrected chi connectivity index (χ3v) is 23.2. The molecule has 108 heavy (non-hydrogen) atoms. The third kappa shape index (κ3) is 80.7. The predicted octanol–water partition coefficient (Wildman–Crippen LogP) is 27.4. The molecule has 0 aromatic rings. The van der Waals surface area contributed by atoms with Gasteiger partial charge in [0, 0.05) is 25.7 Å². The van der Waals surface area contributed by atoms with Crippen molar-refractivity contribution in [3.8, 4) is 0 Å². The van der Waals surface area contributed by atoms with Gasteiger partial charge in [-0.25, -0.2) is 9.13 Å². The van der Waals surface area contributed by atoms with Gasteiger partial charge in [-0.15, -0.1) is 0 Å². The highest BCUT2D eigenvalue weighted by Crippen LogP contribution is 2.45. The second kappa shape index (κ2) is 80.3. The second-order valence-corrected chi connectivity index (χ2v) is 35.6. The van der Waals surface area contributed by atoms with Crippen LogP contribution in [0.2, 0.25) is 0 Å². The molecule has 0 bridgehead atoms. The maximum absolute atomic E-state index is 13.2. The number of carbonyl (C=O) groups excluding carboxylic acids is 4. The number of aliphatic hydroxyl groups is 1. The van der Waals surface area contributed by atoms with Gasteiger partial charge in [-0.05, 0) is 37.5 Å². The lowest BCUT2D eigenvalue weighted by atomic mass is 9.99. The van der Waals surface area contributed by atoms with E-state index < -0.39 is 97.5 Å². The van der Waals surface area contributed by atoms with Crippen LogP contribution in [-0.4, -0.2) is 96.7 Å². The van der Waals surface area contributed by atoms with Crippen molar-refractivity contribution in [2.24, 2.45) is 11.8 Å². The van der Waals surface area contributed by atoms with Crippen molar-refractivity contribution < 1.29 is 80.2 Å². The summed E-state index contributed by atoms with van der Waals surface area (Å²) in [6.07, 6.45) is 73.9. The van der Waals surface area contributed by atoms with Crippen molar-refractivity contribution in [3.63, 3.8) is 0 Å². The van der Waals surface area contributed by atoms with Gasteiger partial charge in [-0.2, -0.15) is 0 Å². The molecule has 19 heteroatoms. The number of ether oxygens (including phenoxy) is 4. The van der Waals surface area contributed by atoms with Crippen LogP contribution in [0.4, 0.5) is 0 Å². The first kappa shape index (κ1) is 106. The summed E-state index contributed by atoms with van der Waals surface area (Å²) >= 11 is 0. The summed E-state index contributed by atoms with van der Waals surface area (Å²) in [5.41, 5.74) is 0. The molecule has 0 saturated heterocycles. The highest BCUT2D eigenvalue weighted by atomic mass is 31.2. The number of unbranched alkanes of at least 4 members (excludes halogenated alkanes) is 57. The highest BCUT2D eigenvalue weighted by molar-refractivity contribution is 7.47. The minimum Gasteiger partial charge on any atom is -0.462 e. The third-order valence-electron chi connectivity index (χ3n) is 21.3. The molecule has 0 radical (unpaired) electrons. The topological polar surface area (TPSA) is 237 Å². The van der Waals surface area contributed by atoms with Crippen molar-refractivity contribution >= 4 is 39.5 Å². The van der Waals surface area contributed by atoms with Crippen LogP contribution in [-0.2, 0) is 65.4 Å². The van der Waals surface area contributed by atoms with E-state index in [4.69, 9.17) is 37.0 Å². The maximum Gasteiger partial charge on any atom is 0.472 e. The normalized spacial score (nSPS) is 14.0. The van der Waals surface area contributed by atoms with E-state index in [0.29, 0.717) is 25.7 Å². The Balaban J connectivity index is 5.15. The monoisotopic (exact) mass is 1580 g/mol. The average molecular weight is 1580 g/mol. The Morgan fingerprint density at radius 2 is 0.472 bits per heavy atom. The number of phosphoric ester groups is 2. The highest BCUT2D eigenvalue weighted by Gasteiger charge is 2.31. The fourth-order valence-electron chi connectivity index (χ4n) is 13.9. The number of carbonyl (C=O) groups is 4. The van der Waals surface area contributed by atoms with Crippen molar-refractivity contribution in [2.75, 3.05) is 39.6 Å². The molecule has 0 aromatic heterocycles. The predicted molar refractivity (Wildman–Crippen MR) is 446 cm³/mol. The summed E-state index contributed by atoms with van der Waals surface area (Å²) in [4.78, 5) is 73.2. The van der Waals surface area contributed by atoms with E-state index in [1.165, 1.54) is 283 Å². The molecular formula is C89H174O17P2. The molecule has 0 fully saturated rings. The molecule has 3 unspecified atom stereocenters. The van der Waals surface area contributed by atoms with E-state index >= 15 is 0 Å². The summed E-state index contributed by atoms with van der Waals surface area (Å²) in [7, 11) is -9.93. The molecule has 0 amide bonds. The number of phosphoric acid groups is 2. The minimum absolute atomic E-state index is 0.108. The molecule has 0 spiro atoms. The van der Waals surface area contributed by atoms with Gasteiger partial charge in [0.15, 0.2) is 12.2 Å². The van der Waals surface area contributed by atoms with Crippen molar-refractivity contribution in [3.05, 3.63) is 0 Å². The number of hydrogen-bond acceptors (Lipinski definition) is 15. The second-order valence-electron chi connectivity index (χ2n) is 32.7. The van der Waals surface area contributed by atoms with Crippen LogP contribution in [0.1, 0.15) is 478 Å². The smallest absolute Gasteiger partial charge is 0.462 e. The summed E-state index contributed by atoms with van der Waals surface area (Å²) in [6, 6.07) is 0. The first-order valence-electron chi connectivity index (χ1n) is 46.0. The van der Waals surface area contributed by atoms with E-state index in [9.17, 15) is 43.2 Å². The Morgan fingerprint density at radius 1 is 0.269 bits per heavy atom. The Bertz CT molecular complexity index is 2070. The first-order valence-corrected chi connectivity index (χ1v) is 49.0. The SMILES string of the molecule is CCCCCCCCCCCCCCCCCCCCCCC(=O)OC[C@H](COP(=O)(O)OC[C@@H](O)COP(=O)(O)OC[C@@H](COC(=O)CCCCCCCCC)OC(=O)CCCCCCCCCCCCCCCCCCC(C)C)OC(=O)CCCCCCCCCCCCCCCCCCCCC(C)CC. The van der Waals surface area contributed by atoms with Crippen LogP contribution in [0.5, 0.6) is 0 Å². The maximum atomic E-state index is 13.2. The Hall–Kier alpha value is -1.94. The van der Waals surface area contributed by atoms with Gasteiger partial charge in [0.2, 0.25) is 0 Å². The molecule has 0 aromatic carbocycles. The standard InChI is InChI=1S/C89H174O17P2/c1-7-10-12-14-16-17-18-19-20-21-22-23-27-33-38-43-48-54-60-66-72-87(92)100-78-85(106-89(94)74-68-61-55-49-44-39-34-28-25-24-26-32-37-42-47-53-58-64-70-82(6)9-3)80-104-108(97,98)102-76-83(90)75-101-107(95,96)103-79-84(77-99-86(91)71-65-59-51-15-13-11-8-2)105-88(93)73-67-62-56-50-45-40-35-30-29-31-36-41-46-52-57-63-69-81(4)5/h81-85,90H,7-80H2,1-6H3,(H,95,96)(H,97,98)/t82?,83-,84+,85+/m0/s1. The summed E-state index contributed by atoms with van der Waals surface area (Å²) in [5, 5.41) is 10.7. The molecule has 642 valence electrons. The molecule has 0 aliphatic rings. The molecular weight excluding hydrogens is 1400 g/mol. The Morgan fingerprint density at radius 3 is 0.704 bits per heavy atom. The molecule has 0 saturated carbocycles. The number of rotatable bonds is 88. The average Bonchev–Trinajstić information content (AvgIpc) is 0.897. The van der Waals surface area contributed by atoms with E-state index in [2.05, 4.69) is 41.5 Å². The van der Waals surface area contributed by atoms with Crippen LogP contribution in [0.25, 0.3) is 0 Å². The molecule has 0 heterocycles. The van der Waals surface area contributed by atoms with Crippen LogP contribution in [0.3, 0.4) is 0 Å². The molecule has 6 atom stereocenters. The van der Waals surface area contributed by atoms with Gasteiger partial charge in [0.25, 0.3) is 0 Å². The lowest BCUT2D eigenvalue weighted by Crippen LogP contribution is -2.30. The van der Waals surface area contributed by atoms with Gasteiger partial charge >= 0.3 is 39.5 Å². The van der Waals surface area contributed by atoms with Crippen molar-refractivity contribution in [2.45, 2.75) is 496 Å². The van der Waals surface area contributed by atoms with Gasteiger partial charge in [0.1, 0.15) is 19.3 Å². The van der Waals surface area contributed by atoms with Gasteiger partial charge in [0.05, 0.1) is 26.4 Å². The summed E-state index contributed by atoms with van der Waals surface area (Å²) < 4.78 is 68.9. The number of aliphatic hydroxyl groups excluding tert-OH is 1. The number of esters is 4. The summed E-state index contributed by atoms with van der Waals surface area (Å²) in [6.45, 7) is 9.74. The van der Waals surface area contributed by atoms with Crippen molar-refractivity contribution in [1.82, 2.24) is 0 Å². The largest absolute Gasteiger partial charge is 0.472 e. The van der Waals surface area contributed by atoms with E-state index in [0.717, 1.165) is 115 Å². The van der Waals surface area contributed by atoms with Gasteiger partial charge in [-0.1, -0.05) is 427 Å². The lowest BCUT2D eigenvalue weighted by molar-refractivity contribution is -0.161. The first-order chi connectivity index (χ1) is 52.4. The zero-order valence-electron chi connectivity index (χ0n) is 71.2. The Labute approximate surface area is 664 Å². The lowest BCUT2D eigenvalue weighted by Gasteiger charge is -2.21. The van der Waals surface area contributed by atoms with Crippen LogP contribution >= 0.6 is 15.6 Å². The molecule has 3 N–H and O–H groups in total. The summed E-state index contributed by atoms with van der Waals surface area (Å²) in [5.74, 6) is -0.423. The van der Waals surface area contributed by atoms with Crippen LogP contribution in [0, 0.1) is 11.8 Å².